The number of nitrogens with zero attached hydrogens (tertiary/aromatic N) is 5. The average molecular weight is 379 g/mol. The van der Waals surface area contributed by atoms with Crippen LogP contribution in [0.25, 0.3) is 11.4 Å². The zero-order valence-corrected chi connectivity index (χ0v) is 16.1. The number of nitrogens with one attached hydrogen (secondary N) is 2. The van der Waals surface area contributed by atoms with E-state index in [1.807, 2.05) is 32.1 Å². The number of alkyl halides is 1. The Morgan fingerprint density at radius 2 is 2.14 bits per heavy atom. The zero-order valence-electron chi connectivity index (χ0n) is 16.1. The van der Waals surface area contributed by atoms with Crippen LogP contribution in [0.5, 0.6) is 0 Å². The van der Waals surface area contributed by atoms with Gasteiger partial charge in [-0.1, -0.05) is 19.1 Å². The molecule has 0 bridgehead atoms. The highest BCUT2D eigenvalue weighted by atomic mass is 19.1. The van der Waals surface area contributed by atoms with E-state index in [4.69, 9.17) is 0 Å². The van der Waals surface area contributed by atoms with E-state index >= 15 is 0 Å². The predicted molar refractivity (Wildman–Crippen MR) is 107 cm³/mol. The third-order valence-corrected chi connectivity index (χ3v) is 4.68. The molecule has 7 nitrogen and oxygen atoms in total. The first-order valence-electron chi connectivity index (χ1n) is 9.28. The van der Waals surface area contributed by atoms with Crippen molar-refractivity contribution in [1.29, 1.82) is 0 Å². The Bertz CT molecular complexity index is 1060. The standard InChI is InChI=1S/C20H22FN7/c1-4-16-19(14-5-7-15(21)8-6-14)25-26-20(16)24-17-10-18(23-11-22-17)28-13(3)9-12(2)27-28/h5-7,9-11,15H,4,8H2,1-3H3,(H2,22,23,24,25,26). The fraction of sp³-hybridized carbons (Fsp3) is 0.300. The summed E-state index contributed by atoms with van der Waals surface area (Å²) in [6, 6.07) is 3.83. The van der Waals surface area contributed by atoms with Gasteiger partial charge in [0.2, 0.25) is 0 Å². The van der Waals surface area contributed by atoms with Crippen molar-refractivity contribution in [3.63, 3.8) is 0 Å². The maximum Gasteiger partial charge on any atom is 0.159 e. The number of allylic oxidation sites excluding steroid dienone is 4. The summed E-state index contributed by atoms with van der Waals surface area (Å²) in [5, 5.41) is 15.2. The van der Waals surface area contributed by atoms with Crippen LogP contribution in [-0.2, 0) is 6.42 Å². The Hall–Kier alpha value is -3.29. The molecule has 0 aliphatic heterocycles. The SMILES string of the molecule is CCc1c(Nc2cc(-n3nc(C)cc3C)ncn2)n[nH]c1C1=CCC(F)C=C1. The molecule has 0 amide bonds. The molecule has 4 rings (SSSR count). The lowest BCUT2D eigenvalue weighted by Gasteiger charge is -2.10. The molecule has 0 saturated heterocycles. The quantitative estimate of drug-likeness (QED) is 0.700. The monoisotopic (exact) mass is 379 g/mol. The number of hydrogen-bond donors (Lipinski definition) is 2. The van der Waals surface area contributed by atoms with Gasteiger partial charge in [-0.05, 0) is 38.0 Å². The van der Waals surface area contributed by atoms with E-state index in [2.05, 4.69) is 37.5 Å². The van der Waals surface area contributed by atoms with Crippen LogP contribution < -0.4 is 5.32 Å². The average Bonchev–Trinajstić information content (AvgIpc) is 3.24. The number of aromatic nitrogens is 6. The Labute approximate surface area is 162 Å². The van der Waals surface area contributed by atoms with Crippen LogP contribution in [-0.4, -0.2) is 36.1 Å². The molecular weight excluding hydrogens is 357 g/mol. The highest BCUT2D eigenvalue weighted by Crippen LogP contribution is 2.29. The van der Waals surface area contributed by atoms with Crippen LogP contribution in [0.1, 0.15) is 36.0 Å². The summed E-state index contributed by atoms with van der Waals surface area (Å²) >= 11 is 0. The number of anilines is 2. The molecule has 8 heteroatoms. The molecule has 0 aromatic carbocycles. The van der Waals surface area contributed by atoms with E-state index in [9.17, 15) is 4.39 Å². The Morgan fingerprint density at radius 1 is 1.29 bits per heavy atom. The van der Waals surface area contributed by atoms with Gasteiger partial charge in [0, 0.05) is 23.7 Å². The van der Waals surface area contributed by atoms with Gasteiger partial charge < -0.3 is 5.32 Å². The summed E-state index contributed by atoms with van der Waals surface area (Å²) in [7, 11) is 0. The first kappa shape index (κ1) is 18.1. The van der Waals surface area contributed by atoms with E-state index in [-0.39, 0.29) is 0 Å². The van der Waals surface area contributed by atoms with Gasteiger partial charge in [0.1, 0.15) is 18.3 Å². The molecule has 0 radical (unpaired) electrons. The minimum atomic E-state index is -0.914. The molecule has 0 spiro atoms. The van der Waals surface area contributed by atoms with Crippen molar-refractivity contribution in [2.75, 3.05) is 5.32 Å². The Kier molecular flexibility index (Phi) is 4.77. The lowest BCUT2D eigenvalue weighted by Crippen LogP contribution is -2.05. The van der Waals surface area contributed by atoms with Gasteiger partial charge in [-0.25, -0.2) is 19.0 Å². The molecule has 1 aliphatic carbocycles. The first-order chi connectivity index (χ1) is 13.5. The third kappa shape index (κ3) is 3.45. The van der Waals surface area contributed by atoms with E-state index < -0.39 is 6.17 Å². The number of aryl methyl sites for hydroxylation is 2. The number of aromatic amines is 1. The fourth-order valence-electron chi connectivity index (χ4n) is 3.34. The lowest BCUT2D eigenvalue weighted by molar-refractivity contribution is 0.402. The molecule has 2 N–H and O–H groups in total. The van der Waals surface area contributed by atoms with Crippen LogP contribution in [0.15, 0.2) is 36.7 Å². The van der Waals surface area contributed by atoms with Crippen molar-refractivity contribution in [3.8, 4) is 5.82 Å². The first-order valence-corrected chi connectivity index (χ1v) is 9.28. The van der Waals surface area contributed by atoms with Gasteiger partial charge in [0.05, 0.1) is 11.4 Å². The zero-order chi connectivity index (χ0) is 19.7. The molecule has 3 aromatic heterocycles. The number of H-pyrrole nitrogens is 1. The molecule has 1 unspecified atom stereocenters. The second-order valence-corrected chi connectivity index (χ2v) is 6.77. The van der Waals surface area contributed by atoms with Gasteiger partial charge in [-0.15, -0.1) is 0 Å². The summed E-state index contributed by atoms with van der Waals surface area (Å²) in [4.78, 5) is 8.63. The van der Waals surface area contributed by atoms with E-state index in [1.54, 1.807) is 16.8 Å². The van der Waals surface area contributed by atoms with Crippen molar-refractivity contribution in [2.24, 2.45) is 0 Å². The molecule has 3 aromatic rings. The van der Waals surface area contributed by atoms with Crippen LogP contribution >= 0.6 is 0 Å². The molecule has 0 fully saturated rings. The van der Waals surface area contributed by atoms with Gasteiger partial charge in [0.15, 0.2) is 11.6 Å². The topological polar surface area (TPSA) is 84.3 Å². The van der Waals surface area contributed by atoms with Crippen LogP contribution in [0.3, 0.4) is 0 Å². The maximum atomic E-state index is 13.4. The highest BCUT2D eigenvalue weighted by molar-refractivity contribution is 5.78. The third-order valence-electron chi connectivity index (χ3n) is 4.68. The molecule has 0 saturated carbocycles. The molecule has 28 heavy (non-hydrogen) atoms. The Balaban J connectivity index is 1.63. The van der Waals surface area contributed by atoms with Crippen molar-refractivity contribution in [3.05, 3.63) is 59.3 Å². The summed E-state index contributed by atoms with van der Waals surface area (Å²) in [6.07, 6.45) is 7.02. The largest absolute Gasteiger partial charge is 0.323 e. The summed E-state index contributed by atoms with van der Waals surface area (Å²) in [5.41, 5.74) is 4.82. The second kappa shape index (κ2) is 7.38. The minimum Gasteiger partial charge on any atom is -0.323 e. The minimum absolute atomic E-state index is 0.384. The molecule has 144 valence electrons. The van der Waals surface area contributed by atoms with E-state index in [1.165, 1.54) is 6.33 Å². The lowest BCUT2D eigenvalue weighted by atomic mass is 9.99. The number of halogens is 1. The smallest absolute Gasteiger partial charge is 0.159 e. The highest BCUT2D eigenvalue weighted by Gasteiger charge is 2.17. The van der Waals surface area contributed by atoms with Crippen molar-refractivity contribution in [1.82, 2.24) is 29.9 Å². The molecular formula is C20H22FN7. The number of rotatable bonds is 5. The van der Waals surface area contributed by atoms with Crippen LogP contribution in [0.4, 0.5) is 16.0 Å². The summed E-state index contributed by atoms with van der Waals surface area (Å²) < 4.78 is 15.1. The van der Waals surface area contributed by atoms with Crippen molar-refractivity contribution in [2.45, 2.75) is 39.8 Å². The van der Waals surface area contributed by atoms with Crippen LogP contribution in [0.2, 0.25) is 0 Å². The summed E-state index contributed by atoms with van der Waals surface area (Å²) in [5.74, 6) is 2.01. The Morgan fingerprint density at radius 3 is 2.82 bits per heavy atom. The molecule has 3 heterocycles. The van der Waals surface area contributed by atoms with Crippen molar-refractivity contribution >= 4 is 17.2 Å². The van der Waals surface area contributed by atoms with Gasteiger partial charge in [-0.3, -0.25) is 5.10 Å². The van der Waals surface area contributed by atoms with E-state index in [0.717, 1.165) is 34.6 Å². The fourth-order valence-corrected chi connectivity index (χ4v) is 3.34. The predicted octanol–water partition coefficient (Wildman–Crippen LogP) is 3.99. The summed E-state index contributed by atoms with van der Waals surface area (Å²) in [6.45, 7) is 5.99. The molecule has 1 aliphatic rings. The van der Waals surface area contributed by atoms with Gasteiger partial charge >= 0.3 is 0 Å². The second-order valence-electron chi connectivity index (χ2n) is 6.77. The number of hydrogen-bond acceptors (Lipinski definition) is 5. The normalized spacial score (nSPS) is 16.3. The maximum absolute atomic E-state index is 13.4. The van der Waals surface area contributed by atoms with Gasteiger partial charge in [0.25, 0.3) is 0 Å². The molecule has 1 atom stereocenters. The van der Waals surface area contributed by atoms with E-state index in [0.29, 0.717) is 23.9 Å². The van der Waals surface area contributed by atoms with Crippen molar-refractivity contribution < 1.29 is 4.39 Å². The van der Waals surface area contributed by atoms with Crippen LogP contribution in [0, 0.1) is 13.8 Å². The van der Waals surface area contributed by atoms with Gasteiger partial charge in [-0.2, -0.15) is 10.2 Å².